The van der Waals surface area contributed by atoms with Crippen molar-refractivity contribution in [3.05, 3.63) is 40.8 Å². The van der Waals surface area contributed by atoms with Gasteiger partial charge in [-0.1, -0.05) is 6.07 Å². The number of anilines is 3. The highest BCUT2D eigenvalue weighted by Gasteiger charge is 2.12. The van der Waals surface area contributed by atoms with Crippen molar-refractivity contribution in [3.63, 3.8) is 0 Å². The molecule has 0 aliphatic heterocycles. The van der Waals surface area contributed by atoms with Crippen molar-refractivity contribution < 1.29 is 0 Å². The van der Waals surface area contributed by atoms with Crippen LogP contribution in [-0.4, -0.2) is 17.0 Å². The van der Waals surface area contributed by atoms with E-state index in [2.05, 4.69) is 44.9 Å². The van der Waals surface area contributed by atoms with E-state index in [9.17, 15) is 0 Å². The molecule has 5 heteroatoms. The second kappa shape index (κ2) is 5.00. The van der Waals surface area contributed by atoms with Crippen LogP contribution in [-0.2, 0) is 12.8 Å². The number of nitrogens with one attached hydrogen (secondary N) is 2. The Morgan fingerprint density at radius 1 is 1.10 bits per heavy atom. The van der Waals surface area contributed by atoms with Gasteiger partial charge in [0.15, 0.2) is 0 Å². The molecule has 2 heterocycles. The Morgan fingerprint density at radius 2 is 2.00 bits per heavy atom. The fourth-order valence-corrected chi connectivity index (χ4v) is 3.61. The summed E-state index contributed by atoms with van der Waals surface area (Å²) in [6.07, 6.45) is 3.66. The molecule has 0 unspecified atom stereocenters. The number of benzene rings is 1. The SMILES string of the molecule is CNc1nc(Nc2ccc3c(c2)CCC3)c2ccsc2n1. The van der Waals surface area contributed by atoms with Gasteiger partial charge in [0, 0.05) is 12.7 Å². The van der Waals surface area contributed by atoms with Crippen LogP contribution < -0.4 is 10.6 Å². The molecule has 4 rings (SSSR count). The first-order chi connectivity index (χ1) is 10.3. The molecule has 4 nitrogen and oxygen atoms in total. The van der Waals surface area contributed by atoms with Crippen molar-refractivity contribution in [3.8, 4) is 0 Å². The largest absolute Gasteiger partial charge is 0.357 e. The van der Waals surface area contributed by atoms with Crippen LogP contribution in [0.2, 0.25) is 0 Å². The zero-order valence-corrected chi connectivity index (χ0v) is 12.6. The molecule has 0 saturated carbocycles. The van der Waals surface area contributed by atoms with Crippen molar-refractivity contribution in [2.24, 2.45) is 0 Å². The maximum Gasteiger partial charge on any atom is 0.225 e. The number of thiophene rings is 1. The van der Waals surface area contributed by atoms with E-state index in [0.29, 0.717) is 5.95 Å². The van der Waals surface area contributed by atoms with Gasteiger partial charge in [0.05, 0.1) is 5.39 Å². The van der Waals surface area contributed by atoms with Crippen molar-refractivity contribution in [1.29, 1.82) is 0 Å². The van der Waals surface area contributed by atoms with Crippen molar-refractivity contribution in [2.45, 2.75) is 19.3 Å². The lowest BCUT2D eigenvalue weighted by Crippen LogP contribution is -2.01. The van der Waals surface area contributed by atoms with E-state index in [-0.39, 0.29) is 0 Å². The number of aryl methyl sites for hydroxylation is 2. The van der Waals surface area contributed by atoms with Crippen LogP contribution in [0, 0.1) is 0 Å². The van der Waals surface area contributed by atoms with Crippen LogP contribution in [0.3, 0.4) is 0 Å². The highest BCUT2D eigenvalue weighted by Crippen LogP contribution is 2.30. The molecule has 0 fully saturated rings. The van der Waals surface area contributed by atoms with Crippen LogP contribution in [0.25, 0.3) is 10.2 Å². The number of aromatic nitrogens is 2. The summed E-state index contributed by atoms with van der Waals surface area (Å²) in [4.78, 5) is 10.0. The Kier molecular flexibility index (Phi) is 3.00. The summed E-state index contributed by atoms with van der Waals surface area (Å²) >= 11 is 1.63. The quantitative estimate of drug-likeness (QED) is 0.768. The van der Waals surface area contributed by atoms with E-state index in [1.165, 1.54) is 30.4 Å². The first-order valence-electron chi connectivity index (χ1n) is 7.15. The smallest absolute Gasteiger partial charge is 0.225 e. The molecule has 21 heavy (non-hydrogen) atoms. The molecule has 0 radical (unpaired) electrons. The normalized spacial score (nSPS) is 13.4. The lowest BCUT2D eigenvalue weighted by molar-refractivity contribution is 0.912. The Hall–Kier alpha value is -2.14. The standard InChI is InChI=1S/C16H16N4S/c1-17-16-19-14(13-7-8-21-15(13)20-16)18-12-6-5-10-3-2-4-11(10)9-12/h5-9H,2-4H2,1H3,(H2,17,18,19,20). The number of hydrogen-bond acceptors (Lipinski definition) is 5. The molecule has 1 aromatic carbocycles. The zero-order chi connectivity index (χ0) is 14.2. The summed E-state index contributed by atoms with van der Waals surface area (Å²) in [5.74, 6) is 1.51. The minimum atomic E-state index is 0.647. The van der Waals surface area contributed by atoms with Crippen LogP contribution in [0.5, 0.6) is 0 Å². The van der Waals surface area contributed by atoms with Gasteiger partial charge in [-0.15, -0.1) is 11.3 Å². The van der Waals surface area contributed by atoms with Gasteiger partial charge < -0.3 is 10.6 Å². The van der Waals surface area contributed by atoms with Gasteiger partial charge in [0.25, 0.3) is 0 Å². The maximum absolute atomic E-state index is 4.55. The van der Waals surface area contributed by atoms with E-state index < -0.39 is 0 Å². The van der Waals surface area contributed by atoms with E-state index in [1.54, 1.807) is 11.3 Å². The fourth-order valence-electron chi connectivity index (χ4n) is 2.85. The molecule has 1 aliphatic carbocycles. The number of nitrogens with zero attached hydrogens (tertiary/aromatic N) is 2. The lowest BCUT2D eigenvalue weighted by Gasteiger charge is -2.10. The third-order valence-corrected chi connectivity index (χ3v) is 4.72. The molecular weight excluding hydrogens is 280 g/mol. The molecule has 3 aromatic rings. The summed E-state index contributed by atoms with van der Waals surface area (Å²) in [6, 6.07) is 8.69. The van der Waals surface area contributed by atoms with Crippen molar-refractivity contribution >= 4 is 39.0 Å². The van der Waals surface area contributed by atoms with Gasteiger partial charge >= 0.3 is 0 Å². The van der Waals surface area contributed by atoms with Crippen LogP contribution >= 0.6 is 11.3 Å². The third-order valence-electron chi connectivity index (χ3n) is 3.91. The summed E-state index contributed by atoms with van der Waals surface area (Å²) in [5.41, 5.74) is 4.05. The van der Waals surface area contributed by atoms with Crippen LogP contribution in [0.1, 0.15) is 17.5 Å². The van der Waals surface area contributed by atoms with Gasteiger partial charge in [-0.25, -0.2) is 4.98 Å². The number of hydrogen-bond donors (Lipinski definition) is 2. The highest BCUT2D eigenvalue weighted by atomic mass is 32.1. The Morgan fingerprint density at radius 3 is 2.90 bits per heavy atom. The van der Waals surface area contributed by atoms with E-state index in [1.807, 2.05) is 12.4 Å². The second-order valence-corrected chi connectivity index (χ2v) is 6.14. The molecule has 0 atom stereocenters. The molecule has 0 bridgehead atoms. The second-order valence-electron chi connectivity index (χ2n) is 5.25. The Bertz CT molecular complexity index is 809. The first-order valence-corrected chi connectivity index (χ1v) is 8.03. The zero-order valence-electron chi connectivity index (χ0n) is 11.8. The predicted octanol–water partition coefficient (Wildman–Crippen LogP) is 3.97. The highest BCUT2D eigenvalue weighted by molar-refractivity contribution is 7.16. The minimum Gasteiger partial charge on any atom is -0.357 e. The van der Waals surface area contributed by atoms with Crippen LogP contribution in [0.15, 0.2) is 29.6 Å². The summed E-state index contributed by atoms with van der Waals surface area (Å²) in [7, 11) is 1.84. The molecule has 0 spiro atoms. The average Bonchev–Trinajstić information content (AvgIpc) is 3.14. The van der Waals surface area contributed by atoms with Crippen molar-refractivity contribution in [2.75, 3.05) is 17.7 Å². The Balaban J connectivity index is 1.75. The molecule has 2 aromatic heterocycles. The molecule has 0 amide bonds. The van der Waals surface area contributed by atoms with Gasteiger partial charge in [-0.3, -0.25) is 0 Å². The first kappa shape index (κ1) is 12.6. The van der Waals surface area contributed by atoms with Gasteiger partial charge in [0.1, 0.15) is 10.6 Å². The van der Waals surface area contributed by atoms with Gasteiger partial charge in [-0.2, -0.15) is 4.98 Å². The lowest BCUT2D eigenvalue weighted by atomic mass is 10.1. The maximum atomic E-state index is 4.55. The molecule has 0 saturated heterocycles. The molecule has 106 valence electrons. The number of rotatable bonds is 3. The predicted molar refractivity (Wildman–Crippen MR) is 88.7 cm³/mol. The number of fused-ring (bicyclic) bond motifs is 2. The van der Waals surface area contributed by atoms with Crippen molar-refractivity contribution in [1.82, 2.24) is 9.97 Å². The summed E-state index contributed by atoms with van der Waals surface area (Å²) in [5, 5.41) is 9.59. The Labute approximate surface area is 127 Å². The molecular formula is C16H16N4S. The summed E-state index contributed by atoms with van der Waals surface area (Å²) < 4.78 is 0. The fraction of sp³-hybridized carbons (Fsp3) is 0.250. The van der Waals surface area contributed by atoms with Crippen LogP contribution in [0.4, 0.5) is 17.5 Å². The minimum absolute atomic E-state index is 0.647. The van der Waals surface area contributed by atoms with Gasteiger partial charge in [0.2, 0.25) is 5.95 Å². The molecule has 1 aliphatic rings. The van der Waals surface area contributed by atoms with Gasteiger partial charge in [-0.05, 0) is 54.0 Å². The third kappa shape index (κ3) is 2.23. The topological polar surface area (TPSA) is 49.8 Å². The van der Waals surface area contributed by atoms with E-state index in [0.717, 1.165) is 21.7 Å². The molecule has 2 N–H and O–H groups in total. The average molecular weight is 296 g/mol. The summed E-state index contributed by atoms with van der Waals surface area (Å²) in [6.45, 7) is 0. The monoisotopic (exact) mass is 296 g/mol. The van der Waals surface area contributed by atoms with E-state index >= 15 is 0 Å². The van der Waals surface area contributed by atoms with E-state index in [4.69, 9.17) is 0 Å².